The molecule has 116 valence electrons. The molecule has 0 saturated heterocycles. The van der Waals surface area contributed by atoms with E-state index < -0.39 is 23.7 Å². The van der Waals surface area contributed by atoms with E-state index in [9.17, 15) is 17.6 Å². The molecule has 0 amide bonds. The van der Waals surface area contributed by atoms with Gasteiger partial charge in [-0.05, 0) is 30.7 Å². The van der Waals surface area contributed by atoms with Crippen molar-refractivity contribution < 1.29 is 31.6 Å². The van der Waals surface area contributed by atoms with Crippen LogP contribution < -0.4 is 14.0 Å². The summed E-state index contributed by atoms with van der Waals surface area (Å²) in [6, 6.07) is 7.17. The Morgan fingerprint density at radius 1 is 1.00 bits per heavy atom. The number of hydrogen-bond donors (Lipinski definition) is 0. The van der Waals surface area contributed by atoms with Crippen LogP contribution >= 0.6 is 11.6 Å². The first kappa shape index (κ1) is 14.9. The standard InChI is InChI=1S/C14H9ClF4NO2/c1-8-5-6-11(15)20(7-8)9-3-2-4-10-12(9)22-14(18,19)13(16,17)21-10/h2-7H,1H3/q+1. The molecule has 0 aliphatic carbocycles. The average molecular weight is 335 g/mol. The summed E-state index contributed by atoms with van der Waals surface area (Å²) in [6.45, 7) is 1.77. The molecular formula is C14H9ClF4NO2+. The van der Waals surface area contributed by atoms with Crippen LogP contribution in [0, 0.1) is 6.92 Å². The quantitative estimate of drug-likeness (QED) is 0.448. The summed E-state index contributed by atoms with van der Waals surface area (Å²) in [6.07, 6.45) is -7.97. The van der Waals surface area contributed by atoms with Gasteiger partial charge < -0.3 is 9.47 Å². The normalized spacial score (nSPS) is 18.1. The van der Waals surface area contributed by atoms with E-state index in [-0.39, 0.29) is 10.8 Å². The van der Waals surface area contributed by atoms with Gasteiger partial charge in [0.15, 0.2) is 11.9 Å². The third-order valence-electron chi connectivity index (χ3n) is 3.07. The molecule has 0 fully saturated rings. The molecule has 0 N–H and O–H groups in total. The van der Waals surface area contributed by atoms with Crippen LogP contribution in [0.3, 0.4) is 0 Å². The van der Waals surface area contributed by atoms with Crippen molar-refractivity contribution in [1.29, 1.82) is 0 Å². The first-order valence-corrected chi connectivity index (χ1v) is 6.54. The number of halogens is 5. The molecule has 0 radical (unpaired) electrons. The Balaban J connectivity index is 2.20. The van der Waals surface area contributed by atoms with Crippen LogP contribution in [0.2, 0.25) is 5.15 Å². The van der Waals surface area contributed by atoms with Gasteiger partial charge in [0.1, 0.15) is 0 Å². The zero-order valence-corrected chi connectivity index (χ0v) is 11.9. The van der Waals surface area contributed by atoms with Crippen molar-refractivity contribution >= 4 is 11.6 Å². The van der Waals surface area contributed by atoms with Crippen molar-refractivity contribution in [2.45, 2.75) is 19.1 Å². The Kier molecular flexibility index (Phi) is 3.21. The highest BCUT2D eigenvalue weighted by Crippen LogP contribution is 2.48. The lowest BCUT2D eigenvalue weighted by Gasteiger charge is -2.31. The van der Waals surface area contributed by atoms with Crippen LogP contribution in [0.25, 0.3) is 5.69 Å². The molecule has 2 heterocycles. The number of fused-ring (bicyclic) bond motifs is 1. The molecule has 22 heavy (non-hydrogen) atoms. The SMILES string of the molecule is Cc1ccc(Cl)[n+](-c2cccc3c2OC(F)(F)C(F)(F)O3)c1. The lowest BCUT2D eigenvalue weighted by molar-refractivity contribution is -0.595. The van der Waals surface area contributed by atoms with Crippen molar-refractivity contribution in [1.82, 2.24) is 0 Å². The van der Waals surface area contributed by atoms with Gasteiger partial charge in [-0.15, -0.1) is 4.57 Å². The van der Waals surface area contributed by atoms with E-state index in [2.05, 4.69) is 9.47 Å². The number of ether oxygens (including phenoxy) is 2. The zero-order chi connectivity index (χ0) is 16.1. The van der Waals surface area contributed by atoms with Gasteiger partial charge in [0.2, 0.25) is 5.75 Å². The highest BCUT2D eigenvalue weighted by atomic mass is 35.5. The Bertz CT molecular complexity index is 752. The molecule has 1 aliphatic rings. The lowest BCUT2D eigenvalue weighted by Crippen LogP contribution is -2.52. The molecule has 0 bridgehead atoms. The lowest BCUT2D eigenvalue weighted by atomic mass is 10.2. The highest BCUT2D eigenvalue weighted by Gasteiger charge is 2.66. The summed E-state index contributed by atoms with van der Waals surface area (Å²) in [5.74, 6) is -0.991. The van der Waals surface area contributed by atoms with Crippen LogP contribution in [0.1, 0.15) is 5.56 Å². The summed E-state index contributed by atoms with van der Waals surface area (Å²) in [7, 11) is 0. The molecule has 3 nitrogen and oxygen atoms in total. The first-order valence-electron chi connectivity index (χ1n) is 6.16. The second-order valence-electron chi connectivity index (χ2n) is 4.74. The van der Waals surface area contributed by atoms with Gasteiger partial charge in [0, 0.05) is 17.7 Å². The van der Waals surface area contributed by atoms with Gasteiger partial charge in [0.05, 0.1) is 0 Å². The minimum Gasteiger partial charge on any atom is -0.421 e. The first-order chi connectivity index (χ1) is 10.2. The predicted octanol–water partition coefficient (Wildman–Crippen LogP) is 3.88. The van der Waals surface area contributed by atoms with Crippen LogP contribution in [0.4, 0.5) is 17.6 Å². The number of aryl methyl sites for hydroxylation is 1. The Hall–Kier alpha value is -2.02. The third kappa shape index (κ3) is 2.25. The molecule has 3 rings (SSSR count). The van der Waals surface area contributed by atoms with Crippen molar-refractivity contribution in [3.05, 3.63) is 47.2 Å². The van der Waals surface area contributed by atoms with E-state index in [1.54, 1.807) is 25.3 Å². The number of hydrogen-bond acceptors (Lipinski definition) is 2. The molecule has 1 aromatic carbocycles. The van der Waals surface area contributed by atoms with Crippen molar-refractivity contribution in [2.24, 2.45) is 0 Å². The minimum atomic E-state index is -4.78. The van der Waals surface area contributed by atoms with Crippen LogP contribution in [0.15, 0.2) is 36.5 Å². The van der Waals surface area contributed by atoms with Gasteiger partial charge in [-0.2, -0.15) is 17.6 Å². The molecular weight excluding hydrogens is 326 g/mol. The van der Waals surface area contributed by atoms with E-state index in [4.69, 9.17) is 11.6 Å². The molecule has 0 unspecified atom stereocenters. The van der Waals surface area contributed by atoms with Gasteiger partial charge in [-0.3, -0.25) is 0 Å². The summed E-state index contributed by atoms with van der Waals surface area (Å²) < 4.78 is 62.9. The number of pyridine rings is 1. The molecule has 1 aromatic heterocycles. The summed E-state index contributed by atoms with van der Waals surface area (Å²) in [5.41, 5.74) is 0.859. The smallest absolute Gasteiger partial charge is 0.421 e. The number of rotatable bonds is 1. The largest absolute Gasteiger partial charge is 0.508 e. The van der Waals surface area contributed by atoms with E-state index in [0.717, 1.165) is 11.6 Å². The predicted molar refractivity (Wildman–Crippen MR) is 68.9 cm³/mol. The minimum absolute atomic E-state index is 0.0707. The number of nitrogens with zero attached hydrogens (tertiary/aromatic N) is 1. The molecule has 8 heteroatoms. The maximum absolute atomic E-state index is 13.4. The maximum atomic E-state index is 13.4. The van der Waals surface area contributed by atoms with Crippen molar-refractivity contribution in [2.75, 3.05) is 0 Å². The second-order valence-corrected chi connectivity index (χ2v) is 5.13. The number of para-hydroxylation sites is 1. The average Bonchev–Trinajstić information content (AvgIpc) is 2.42. The second kappa shape index (κ2) is 4.74. The van der Waals surface area contributed by atoms with Gasteiger partial charge >= 0.3 is 12.2 Å². The van der Waals surface area contributed by atoms with Crippen LogP contribution in [-0.4, -0.2) is 12.2 Å². The Morgan fingerprint density at radius 2 is 1.68 bits per heavy atom. The summed E-state index contributed by atoms with van der Waals surface area (Å²) in [5, 5.41) is 0.197. The highest BCUT2D eigenvalue weighted by molar-refractivity contribution is 6.28. The summed E-state index contributed by atoms with van der Waals surface area (Å²) >= 11 is 6.03. The van der Waals surface area contributed by atoms with E-state index in [0.29, 0.717) is 0 Å². The number of benzene rings is 1. The fourth-order valence-corrected chi connectivity index (χ4v) is 2.24. The van der Waals surface area contributed by atoms with Crippen LogP contribution in [-0.2, 0) is 0 Å². The van der Waals surface area contributed by atoms with Gasteiger partial charge in [0.25, 0.3) is 10.8 Å². The molecule has 0 saturated carbocycles. The van der Waals surface area contributed by atoms with E-state index in [1.807, 2.05) is 0 Å². The zero-order valence-electron chi connectivity index (χ0n) is 11.1. The van der Waals surface area contributed by atoms with Crippen LogP contribution in [0.5, 0.6) is 11.5 Å². The fraction of sp³-hybridized carbons (Fsp3) is 0.214. The molecule has 0 spiro atoms. The van der Waals surface area contributed by atoms with Crippen molar-refractivity contribution in [3.8, 4) is 17.2 Å². The number of aromatic nitrogens is 1. The third-order valence-corrected chi connectivity index (χ3v) is 3.38. The van der Waals surface area contributed by atoms with Crippen molar-refractivity contribution in [3.63, 3.8) is 0 Å². The number of alkyl halides is 4. The molecule has 2 aromatic rings. The Morgan fingerprint density at radius 3 is 2.41 bits per heavy atom. The van der Waals surface area contributed by atoms with E-state index >= 15 is 0 Å². The maximum Gasteiger partial charge on any atom is 0.508 e. The summed E-state index contributed by atoms with van der Waals surface area (Å²) in [4.78, 5) is 0. The molecule has 1 aliphatic heterocycles. The fourth-order valence-electron chi connectivity index (χ4n) is 2.04. The van der Waals surface area contributed by atoms with E-state index in [1.165, 1.54) is 16.7 Å². The monoisotopic (exact) mass is 334 g/mol. The molecule has 0 atom stereocenters. The Labute approximate surface area is 127 Å². The topological polar surface area (TPSA) is 22.3 Å². The van der Waals surface area contributed by atoms with Gasteiger partial charge in [-0.25, -0.2) is 0 Å². The van der Waals surface area contributed by atoms with Gasteiger partial charge in [-0.1, -0.05) is 6.07 Å².